The SMILES string of the molecule is CCCCCCCCCCCNC(=O)N(CCC)CCC. The molecule has 2 amide bonds. The summed E-state index contributed by atoms with van der Waals surface area (Å²) in [5, 5.41) is 3.06. The van der Waals surface area contributed by atoms with Gasteiger partial charge in [-0.3, -0.25) is 0 Å². The Hall–Kier alpha value is -0.730. The van der Waals surface area contributed by atoms with Crippen LogP contribution in [0.4, 0.5) is 4.79 Å². The summed E-state index contributed by atoms with van der Waals surface area (Å²) < 4.78 is 0. The topological polar surface area (TPSA) is 32.3 Å². The number of hydrogen-bond acceptors (Lipinski definition) is 1. The van der Waals surface area contributed by atoms with Crippen LogP contribution in [0.1, 0.15) is 91.4 Å². The van der Waals surface area contributed by atoms with E-state index in [1.54, 1.807) is 0 Å². The first-order valence-electron chi connectivity index (χ1n) is 9.29. The van der Waals surface area contributed by atoms with Crippen molar-refractivity contribution in [3.05, 3.63) is 0 Å². The lowest BCUT2D eigenvalue weighted by atomic mass is 10.1. The molecule has 0 fully saturated rings. The second-order valence-electron chi connectivity index (χ2n) is 6.05. The number of nitrogens with one attached hydrogen (secondary N) is 1. The van der Waals surface area contributed by atoms with Crippen molar-refractivity contribution >= 4 is 6.03 Å². The van der Waals surface area contributed by atoms with Gasteiger partial charge in [0.25, 0.3) is 0 Å². The Morgan fingerprint density at radius 1 is 0.714 bits per heavy atom. The van der Waals surface area contributed by atoms with E-state index in [9.17, 15) is 4.79 Å². The molecule has 0 atom stereocenters. The third-order valence-corrected chi connectivity index (χ3v) is 3.83. The molecular formula is C18H38N2O. The van der Waals surface area contributed by atoms with Crippen molar-refractivity contribution in [3.63, 3.8) is 0 Å². The maximum atomic E-state index is 12.0. The molecule has 0 radical (unpaired) electrons. The summed E-state index contributed by atoms with van der Waals surface area (Å²) >= 11 is 0. The Morgan fingerprint density at radius 3 is 1.67 bits per heavy atom. The lowest BCUT2D eigenvalue weighted by molar-refractivity contribution is 0.197. The van der Waals surface area contributed by atoms with Crippen LogP contribution in [0.5, 0.6) is 0 Å². The van der Waals surface area contributed by atoms with E-state index < -0.39 is 0 Å². The highest BCUT2D eigenvalue weighted by atomic mass is 16.2. The molecule has 21 heavy (non-hydrogen) atoms. The fourth-order valence-corrected chi connectivity index (χ4v) is 2.60. The minimum atomic E-state index is 0.123. The van der Waals surface area contributed by atoms with E-state index >= 15 is 0 Å². The van der Waals surface area contributed by atoms with Crippen molar-refractivity contribution < 1.29 is 4.79 Å². The van der Waals surface area contributed by atoms with Crippen LogP contribution in [0.15, 0.2) is 0 Å². The van der Waals surface area contributed by atoms with Crippen LogP contribution >= 0.6 is 0 Å². The first-order valence-corrected chi connectivity index (χ1v) is 9.29. The fraction of sp³-hybridized carbons (Fsp3) is 0.944. The third-order valence-electron chi connectivity index (χ3n) is 3.83. The van der Waals surface area contributed by atoms with Crippen LogP contribution in [-0.4, -0.2) is 30.6 Å². The predicted molar refractivity (Wildman–Crippen MR) is 92.8 cm³/mol. The number of unbranched alkanes of at least 4 members (excludes halogenated alkanes) is 8. The monoisotopic (exact) mass is 298 g/mol. The summed E-state index contributed by atoms with van der Waals surface area (Å²) in [4.78, 5) is 13.9. The molecule has 0 aliphatic carbocycles. The first kappa shape index (κ1) is 20.3. The Labute approximate surface area is 132 Å². The number of nitrogens with zero attached hydrogens (tertiary/aromatic N) is 1. The van der Waals surface area contributed by atoms with Crippen LogP contribution < -0.4 is 5.32 Å². The van der Waals surface area contributed by atoms with Gasteiger partial charge in [0.1, 0.15) is 0 Å². The van der Waals surface area contributed by atoms with Crippen molar-refractivity contribution in [2.45, 2.75) is 91.4 Å². The Bertz CT molecular complexity index is 225. The van der Waals surface area contributed by atoms with Crippen LogP contribution in [0.25, 0.3) is 0 Å². The predicted octanol–water partition coefficient (Wildman–Crippen LogP) is 5.35. The normalized spacial score (nSPS) is 10.6. The summed E-state index contributed by atoms with van der Waals surface area (Å²) in [5.41, 5.74) is 0. The summed E-state index contributed by atoms with van der Waals surface area (Å²) in [6.45, 7) is 9.08. The highest BCUT2D eigenvalue weighted by Crippen LogP contribution is 2.09. The zero-order valence-electron chi connectivity index (χ0n) is 14.8. The van der Waals surface area contributed by atoms with Crippen LogP contribution in [-0.2, 0) is 0 Å². The molecule has 126 valence electrons. The summed E-state index contributed by atoms with van der Waals surface area (Å²) in [7, 11) is 0. The van der Waals surface area contributed by atoms with Gasteiger partial charge in [-0.25, -0.2) is 4.79 Å². The maximum absolute atomic E-state index is 12.0. The van der Waals surface area contributed by atoms with Crippen molar-refractivity contribution in [3.8, 4) is 0 Å². The van der Waals surface area contributed by atoms with Crippen LogP contribution in [0, 0.1) is 0 Å². The number of rotatable bonds is 14. The van der Waals surface area contributed by atoms with Gasteiger partial charge in [-0.1, -0.05) is 72.1 Å². The van der Waals surface area contributed by atoms with Gasteiger partial charge in [-0.15, -0.1) is 0 Å². The van der Waals surface area contributed by atoms with Crippen molar-refractivity contribution in [2.75, 3.05) is 19.6 Å². The molecule has 0 aliphatic rings. The van der Waals surface area contributed by atoms with Gasteiger partial charge >= 0.3 is 6.03 Å². The van der Waals surface area contributed by atoms with E-state index in [1.165, 1.54) is 51.4 Å². The zero-order valence-corrected chi connectivity index (χ0v) is 14.8. The zero-order chi connectivity index (χ0) is 15.8. The molecule has 0 saturated heterocycles. The standard InChI is InChI=1S/C18H38N2O/c1-4-7-8-9-10-11-12-13-14-15-19-18(21)20(16-5-2)17-6-3/h4-17H2,1-3H3,(H,19,21). The minimum Gasteiger partial charge on any atom is -0.338 e. The quantitative estimate of drug-likeness (QED) is 0.431. The molecule has 1 N–H and O–H groups in total. The Kier molecular flexibility index (Phi) is 15.1. The highest BCUT2D eigenvalue weighted by Gasteiger charge is 2.09. The van der Waals surface area contributed by atoms with Gasteiger partial charge in [-0.2, -0.15) is 0 Å². The highest BCUT2D eigenvalue weighted by molar-refractivity contribution is 5.74. The molecule has 0 aromatic heterocycles. The summed E-state index contributed by atoms with van der Waals surface area (Å²) in [6, 6.07) is 0.123. The average Bonchev–Trinajstić information content (AvgIpc) is 2.48. The molecule has 0 aliphatic heterocycles. The number of hydrogen-bond donors (Lipinski definition) is 1. The largest absolute Gasteiger partial charge is 0.338 e. The molecule has 0 spiro atoms. The Morgan fingerprint density at radius 2 is 1.19 bits per heavy atom. The average molecular weight is 299 g/mol. The van der Waals surface area contributed by atoms with E-state index in [2.05, 4.69) is 26.1 Å². The molecule has 0 heterocycles. The minimum absolute atomic E-state index is 0.123. The third kappa shape index (κ3) is 12.7. The van der Waals surface area contributed by atoms with E-state index in [1.807, 2.05) is 4.90 Å². The van der Waals surface area contributed by atoms with E-state index in [0.29, 0.717) is 0 Å². The molecule has 0 rings (SSSR count). The molecule has 3 heteroatoms. The number of carbonyl (C=O) groups excluding carboxylic acids is 1. The van der Waals surface area contributed by atoms with Gasteiger partial charge < -0.3 is 10.2 Å². The van der Waals surface area contributed by atoms with Gasteiger partial charge in [0.15, 0.2) is 0 Å². The van der Waals surface area contributed by atoms with Gasteiger partial charge in [0.05, 0.1) is 0 Å². The Balaban J connectivity index is 3.42. The fourth-order valence-electron chi connectivity index (χ4n) is 2.60. The van der Waals surface area contributed by atoms with Crippen LogP contribution in [0.3, 0.4) is 0 Å². The molecular weight excluding hydrogens is 260 g/mol. The lowest BCUT2D eigenvalue weighted by Gasteiger charge is -2.21. The van der Waals surface area contributed by atoms with E-state index in [-0.39, 0.29) is 6.03 Å². The molecule has 3 nitrogen and oxygen atoms in total. The van der Waals surface area contributed by atoms with E-state index in [0.717, 1.165) is 38.9 Å². The summed E-state index contributed by atoms with van der Waals surface area (Å²) in [5.74, 6) is 0. The maximum Gasteiger partial charge on any atom is 0.317 e. The molecule has 0 aromatic rings. The lowest BCUT2D eigenvalue weighted by Crippen LogP contribution is -2.41. The molecule has 0 saturated carbocycles. The van der Waals surface area contributed by atoms with Gasteiger partial charge in [-0.05, 0) is 19.3 Å². The second kappa shape index (κ2) is 15.7. The number of urea groups is 1. The van der Waals surface area contributed by atoms with Gasteiger partial charge in [0.2, 0.25) is 0 Å². The smallest absolute Gasteiger partial charge is 0.317 e. The van der Waals surface area contributed by atoms with Crippen molar-refractivity contribution in [2.24, 2.45) is 0 Å². The van der Waals surface area contributed by atoms with Crippen molar-refractivity contribution in [1.29, 1.82) is 0 Å². The molecule has 0 bridgehead atoms. The number of carbonyl (C=O) groups is 1. The van der Waals surface area contributed by atoms with Gasteiger partial charge in [0, 0.05) is 19.6 Å². The number of amides is 2. The molecule has 0 aromatic carbocycles. The molecule has 0 unspecified atom stereocenters. The first-order chi connectivity index (χ1) is 10.3. The van der Waals surface area contributed by atoms with Crippen molar-refractivity contribution in [1.82, 2.24) is 10.2 Å². The second-order valence-corrected chi connectivity index (χ2v) is 6.05. The van der Waals surface area contributed by atoms with E-state index in [4.69, 9.17) is 0 Å². The summed E-state index contributed by atoms with van der Waals surface area (Å²) in [6.07, 6.45) is 14.0. The van der Waals surface area contributed by atoms with Crippen LogP contribution in [0.2, 0.25) is 0 Å².